The molecule has 0 radical (unpaired) electrons. The van der Waals surface area contributed by atoms with Crippen molar-refractivity contribution < 1.29 is 9.15 Å². The molecule has 7 nitrogen and oxygen atoms in total. The highest BCUT2D eigenvalue weighted by atomic mass is 16.5. The van der Waals surface area contributed by atoms with Crippen LogP contribution in [0.25, 0.3) is 0 Å². The average Bonchev–Trinajstić information content (AvgIpc) is 4.17. The minimum absolute atomic E-state index is 0.310. The van der Waals surface area contributed by atoms with Crippen LogP contribution < -0.4 is 62.4 Å². The van der Waals surface area contributed by atoms with Crippen LogP contribution in [0.3, 0.4) is 0 Å². The summed E-state index contributed by atoms with van der Waals surface area (Å²) in [5.41, 5.74) is 21.7. The van der Waals surface area contributed by atoms with Gasteiger partial charge in [-0.05, 0) is 132 Å². The lowest BCUT2D eigenvalue weighted by Gasteiger charge is -2.44. The van der Waals surface area contributed by atoms with Gasteiger partial charge in [-0.15, -0.1) is 0 Å². The second-order valence-corrected chi connectivity index (χ2v) is 20.4. The molecule has 370 valence electrons. The highest BCUT2D eigenvalue weighted by molar-refractivity contribution is 7.02. The Bertz CT molecular complexity index is 4190. The molecule has 0 aliphatic carbocycles. The van der Waals surface area contributed by atoms with Crippen molar-refractivity contribution in [2.24, 2.45) is 0 Å². The smallest absolute Gasteiger partial charge is 0.301 e. The number of rotatable bonds is 9. The molecule has 4 aliphatic rings. The molecule has 0 unspecified atom stereocenters. The first-order chi connectivity index (χ1) is 39.2. The third kappa shape index (κ3) is 7.03. The summed E-state index contributed by atoms with van der Waals surface area (Å²) in [6.45, 7) is -0.635. The molecule has 11 aromatic carbocycles. The van der Waals surface area contributed by atoms with E-state index in [0.29, 0.717) is 0 Å². The highest BCUT2D eigenvalue weighted by Crippen LogP contribution is 2.54. The fourth-order valence-electron chi connectivity index (χ4n) is 12.8. The Balaban J connectivity index is 1.04. The van der Waals surface area contributed by atoms with Gasteiger partial charge in [0.05, 0.1) is 22.7 Å². The zero-order valence-electron chi connectivity index (χ0n) is 42.8. The van der Waals surface area contributed by atoms with Crippen molar-refractivity contribution in [2.75, 3.05) is 24.5 Å². The van der Waals surface area contributed by atoms with Crippen molar-refractivity contribution in [1.82, 2.24) is 0 Å². The first-order valence-corrected chi connectivity index (χ1v) is 27.0. The highest BCUT2D eigenvalue weighted by Gasteiger charge is 2.53. The molecule has 0 amide bonds. The summed E-state index contributed by atoms with van der Waals surface area (Å²) in [7, 11) is 0. The largest absolute Gasteiger partial charge is 0.480 e. The van der Waals surface area contributed by atoms with Gasteiger partial charge in [0.1, 0.15) is 22.9 Å². The number of hydrogen-bond acceptors (Lipinski definition) is 7. The van der Waals surface area contributed by atoms with Gasteiger partial charge in [-0.1, -0.05) is 164 Å². The molecule has 79 heavy (non-hydrogen) atoms. The molecule has 0 saturated carbocycles. The molecule has 4 aliphatic heterocycles. The molecule has 9 heteroatoms. The first-order valence-electron chi connectivity index (χ1n) is 27.0. The number of para-hydroxylation sites is 9. The SMILES string of the molecule is c1ccc(N(c2ccccc2)c2cc3c4c(c2)N(c2ccccc2)c2c(oc5c2N(c2ccccc2)c2cc(N(c6ccccc6)c6ccccc6)cc6c2B5c2ccccc2N6c2ccccc2)B4c2ccccc2O3)cc1. The topological polar surface area (TPSA) is 38.6 Å². The summed E-state index contributed by atoms with van der Waals surface area (Å²) in [5, 5.41) is 0. The van der Waals surface area contributed by atoms with Crippen LogP contribution in [0, 0.1) is 0 Å². The molecule has 16 rings (SSSR count). The van der Waals surface area contributed by atoms with E-state index in [1.165, 1.54) is 0 Å². The Kier molecular flexibility index (Phi) is 10.3. The summed E-state index contributed by atoms with van der Waals surface area (Å²) in [5.74, 6) is 1.59. The molecule has 0 saturated heterocycles. The van der Waals surface area contributed by atoms with Gasteiger partial charge in [-0.25, -0.2) is 0 Å². The van der Waals surface area contributed by atoms with E-state index in [0.717, 1.165) is 130 Å². The first kappa shape index (κ1) is 44.9. The zero-order chi connectivity index (χ0) is 52.0. The average molecular weight is 1010 g/mol. The maximum Gasteiger partial charge on any atom is 0.301 e. The van der Waals surface area contributed by atoms with Crippen LogP contribution in [-0.4, -0.2) is 13.4 Å². The van der Waals surface area contributed by atoms with Crippen LogP contribution in [0.5, 0.6) is 11.5 Å². The predicted octanol–water partition coefficient (Wildman–Crippen LogP) is 14.7. The Morgan fingerprint density at radius 3 is 1.11 bits per heavy atom. The van der Waals surface area contributed by atoms with Crippen LogP contribution in [0.1, 0.15) is 0 Å². The van der Waals surface area contributed by atoms with Crippen molar-refractivity contribution in [1.29, 1.82) is 0 Å². The predicted molar refractivity (Wildman–Crippen MR) is 328 cm³/mol. The molecule has 0 atom stereocenters. The number of anilines is 15. The number of ether oxygens (including phenoxy) is 1. The zero-order valence-corrected chi connectivity index (χ0v) is 42.8. The maximum absolute atomic E-state index is 8.04. The van der Waals surface area contributed by atoms with E-state index in [1.807, 2.05) is 0 Å². The molecular weight excluding hydrogens is 964 g/mol. The van der Waals surface area contributed by atoms with Gasteiger partial charge in [0.25, 0.3) is 6.71 Å². The van der Waals surface area contributed by atoms with Crippen LogP contribution >= 0.6 is 0 Å². The van der Waals surface area contributed by atoms with E-state index in [-0.39, 0.29) is 13.4 Å². The fourth-order valence-corrected chi connectivity index (χ4v) is 12.8. The minimum Gasteiger partial charge on any atom is -0.480 e. The summed E-state index contributed by atoms with van der Waals surface area (Å²) >= 11 is 0. The summed E-state index contributed by atoms with van der Waals surface area (Å²) in [6.07, 6.45) is 0. The lowest BCUT2D eigenvalue weighted by Crippen LogP contribution is -2.61. The number of nitrogens with zero attached hydrogens (tertiary/aromatic N) is 5. The quantitative estimate of drug-likeness (QED) is 0.133. The van der Waals surface area contributed by atoms with E-state index in [1.54, 1.807) is 0 Å². The van der Waals surface area contributed by atoms with Gasteiger partial charge in [-0.2, -0.15) is 0 Å². The molecule has 12 aromatic rings. The lowest BCUT2D eigenvalue weighted by molar-refractivity contribution is 0.487. The van der Waals surface area contributed by atoms with Crippen molar-refractivity contribution in [3.63, 3.8) is 0 Å². The van der Waals surface area contributed by atoms with Crippen molar-refractivity contribution in [3.8, 4) is 11.5 Å². The normalized spacial score (nSPS) is 13.0. The van der Waals surface area contributed by atoms with E-state index in [9.17, 15) is 0 Å². The van der Waals surface area contributed by atoms with Crippen LogP contribution in [0.2, 0.25) is 0 Å². The minimum atomic E-state index is -0.325. The lowest BCUT2D eigenvalue weighted by atomic mass is 9.35. The Hall–Kier alpha value is -10.4. The molecule has 5 heterocycles. The molecule has 0 spiro atoms. The maximum atomic E-state index is 8.04. The number of fused-ring (bicyclic) bond motifs is 9. The Morgan fingerprint density at radius 2 is 0.633 bits per heavy atom. The Morgan fingerprint density at radius 1 is 0.278 bits per heavy atom. The van der Waals surface area contributed by atoms with Gasteiger partial charge in [0.15, 0.2) is 0 Å². The number of benzene rings is 11. The van der Waals surface area contributed by atoms with Gasteiger partial charge in [0, 0.05) is 74.1 Å². The van der Waals surface area contributed by atoms with Crippen molar-refractivity contribution in [3.05, 3.63) is 285 Å². The van der Waals surface area contributed by atoms with Crippen molar-refractivity contribution >= 4 is 132 Å². The van der Waals surface area contributed by atoms with Gasteiger partial charge >= 0.3 is 6.71 Å². The second-order valence-electron chi connectivity index (χ2n) is 20.4. The van der Waals surface area contributed by atoms with Gasteiger partial charge in [-0.3, -0.25) is 0 Å². The van der Waals surface area contributed by atoms with E-state index >= 15 is 0 Å². The van der Waals surface area contributed by atoms with Gasteiger partial charge in [0.2, 0.25) is 0 Å². The molecule has 1 aromatic heterocycles. The van der Waals surface area contributed by atoms with Crippen molar-refractivity contribution in [2.45, 2.75) is 0 Å². The summed E-state index contributed by atoms with van der Waals surface area (Å²) < 4.78 is 15.2. The molecular formula is C70H47B2N5O2. The molecule has 0 N–H and O–H groups in total. The fraction of sp³-hybridized carbons (Fsp3) is 0. The second kappa shape index (κ2) is 18.1. The van der Waals surface area contributed by atoms with Crippen LogP contribution in [0.4, 0.5) is 85.3 Å². The third-order valence-corrected chi connectivity index (χ3v) is 16.0. The van der Waals surface area contributed by atoms with Gasteiger partial charge < -0.3 is 33.7 Å². The molecule has 0 bridgehead atoms. The third-order valence-electron chi connectivity index (χ3n) is 16.0. The van der Waals surface area contributed by atoms with Crippen LogP contribution in [0.15, 0.2) is 290 Å². The molecule has 0 fully saturated rings. The van der Waals surface area contributed by atoms with E-state index in [2.05, 4.69) is 310 Å². The van der Waals surface area contributed by atoms with E-state index in [4.69, 9.17) is 9.15 Å². The number of hydrogen-bond donors (Lipinski definition) is 0. The van der Waals surface area contributed by atoms with Crippen LogP contribution in [-0.2, 0) is 0 Å². The number of furan rings is 1. The standard InChI is InChI=1S/C70H47B2N5O2/c1-8-26-48(27-9-1)73(49-28-10-2-11-29-49)55-44-60-65-61(45-55)76(53-36-18-6-19-37-53)67-68-70(79-69(67)71(65)57-40-22-24-42-59(57)75(60)52-34-16-5-17-35-52)72-58-41-23-25-43-63(58)78-64-47-56(46-62(66(64)72)77(68)54-38-20-7-21-39-54)74(50-30-12-3-13-31-50)51-32-14-4-15-33-51/h1-47H. The monoisotopic (exact) mass is 1010 g/mol. The summed E-state index contributed by atoms with van der Waals surface area (Å²) in [4.78, 5) is 12.1. The Labute approximate surface area is 459 Å². The summed E-state index contributed by atoms with van der Waals surface area (Å²) in [6, 6.07) is 102. The van der Waals surface area contributed by atoms with E-state index < -0.39 is 0 Å².